The van der Waals surface area contributed by atoms with Crippen LogP contribution in [-0.4, -0.2) is 54.6 Å². The molecule has 0 aromatic heterocycles. The normalized spacial score (nSPS) is 24.6. The van der Waals surface area contributed by atoms with E-state index in [9.17, 15) is 13.2 Å². The van der Waals surface area contributed by atoms with Crippen LogP contribution < -0.4 is 0 Å². The Morgan fingerprint density at radius 1 is 1.44 bits per heavy atom. The number of aliphatic carboxylic acids is 1. The van der Waals surface area contributed by atoms with E-state index in [0.29, 0.717) is 25.8 Å². The van der Waals surface area contributed by atoms with Crippen molar-refractivity contribution in [2.24, 2.45) is 5.92 Å². The number of sulfonamides is 1. The number of hydrogen-bond acceptors (Lipinski definition) is 4. The van der Waals surface area contributed by atoms with E-state index >= 15 is 0 Å². The van der Waals surface area contributed by atoms with Crippen molar-refractivity contribution in [1.82, 2.24) is 4.31 Å². The lowest BCUT2D eigenvalue weighted by molar-refractivity contribution is -0.141. The van der Waals surface area contributed by atoms with Crippen molar-refractivity contribution in [2.45, 2.75) is 30.9 Å². The van der Waals surface area contributed by atoms with Crippen LogP contribution >= 0.6 is 11.8 Å². The fourth-order valence-corrected chi connectivity index (χ4v) is 4.75. The highest BCUT2D eigenvalue weighted by Gasteiger charge is 2.43. The van der Waals surface area contributed by atoms with Crippen LogP contribution in [0.1, 0.15) is 25.7 Å². The van der Waals surface area contributed by atoms with Gasteiger partial charge in [0.15, 0.2) is 0 Å². The van der Waals surface area contributed by atoms with Gasteiger partial charge in [0.2, 0.25) is 10.0 Å². The number of carbonyl (C=O) groups is 1. The van der Waals surface area contributed by atoms with Gasteiger partial charge in [0, 0.05) is 13.6 Å². The summed E-state index contributed by atoms with van der Waals surface area (Å²) in [6.07, 6.45) is 4.39. The van der Waals surface area contributed by atoms with E-state index in [1.54, 1.807) is 18.8 Å². The van der Waals surface area contributed by atoms with Gasteiger partial charge in [-0.3, -0.25) is 4.79 Å². The second kappa shape index (κ2) is 6.77. The van der Waals surface area contributed by atoms with E-state index in [1.807, 2.05) is 6.26 Å². The molecule has 0 aliphatic heterocycles. The lowest BCUT2D eigenvalue weighted by atomic mass is 10.1. The first-order valence-corrected chi connectivity index (χ1v) is 8.98. The van der Waals surface area contributed by atoms with Crippen molar-refractivity contribution in [3.05, 3.63) is 0 Å². The molecule has 106 valence electrons. The van der Waals surface area contributed by atoms with Gasteiger partial charge in [0.25, 0.3) is 0 Å². The zero-order valence-corrected chi connectivity index (χ0v) is 12.5. The fourth-order valence-electron chi connectivity index (χ4n) is 2.35. The zero-order valence-electron chi connectivity index (χ0n) is 10.8. The van der Waals surface area contributed by atoms with Crippen LogP contribution in [0.25, 0.3) is 0 Å². The number of thioether (sulfide) groups is 1. The number of nitrogens with zero attached hydrogens (tertiary/aromatic N) is 1. The van der Waals surface area contributed by atoms with Crippen LogP contribution in [0.3, 0.4) is 0 Å². The number of carboxylic acid groups (broad SMARTS) is 1. The Labute approximate surface area is 113 Å². The van der Waals surface area contributed by atoms with Gasteiger partial charge in [0.1, 0.15) is 0 Å². The fraction of sp³-hybridized carbons (Fsp3) is 0.909. The third-order valence-electron chi connectivity index (χ3n) is 3.41. The Hall–Kier alpha value is -0.270. The Balaban J connectivity index is 2.70. The molecule has 0 spiro atoms. The van der Waals surface area contributed by atoms with E-state index in [1.165, 1.54) is 4.31 Å². The van der Waals surface area contributed by atoms with Crippen LogP contribution in [-0.2, 0) is 14.8 Å². The van der Waals surface area contributed by atoms with Gasteiger partial charge in [-0.2, -0.15) is 11.8 Å². The molecule has 2 atom stereocenters. The van der Waals surface area contributed by atoms with Gasteiger partial charge in [-0.15, -0.1) is 0 Å². The van der Waals surface area contributed by atoms with Crippen molar-refractivity contribution in [2.75, 3.05) is 25.6 Å². The first-order valence-electron chi connectivity index (χ1n) is 6.08. The lowest BCUT2D eigenvalue weighted by Gasteiger charge is -2.24. The molecule has 1 aliphatic rings. The molecule has 0 aromatic rings. The first kappa shape index (κ1) is 15.8. The van der Waals surface area contributed by atoms with Crippen molar-refractivity contribution in [3.8, 4) is 0 Å². The Kier molecular flexibility index (Phi) is 5.94. The molecular formula is C11H21NO4S2. The summed E-state index contributed by atoms with van der Waals surface area (Å²) in [4.78, 5) is 11.1. The van der Waals surface area contributed by atoms with Crippen molar-refractivity contribution in [1.29, 1.82) is 0 Å². The Morgan fingerprint density at radius 2 is 2.11 bits per heavy atom. The van der Waals surface area contributed by atoms with E-state index in [4.69, 9.17) is 5.11 Å². The maximum Gasteiger partial charge on any atom is 0.307 e. The van der Waals surface area contributed by atoms with Gasteiger partial charge in [0.05, 0.1) is 11.2 Å². The molecule has 18 heavy (non-hydrogen) atoms. The van der Waals surface area contributed by atoms with Crippen LogP contribution in [0, 0.1) is 5.92 Å². The highest BCUT2D eigenvalue weighted by Crippen LogP contribution is 2.32. The molecule has 5 nitrogen and oxygen atoms in total. The van der Waals surface area contributed by atoms with Crippen LogP contribution in [0.4, 0.5) is 0 Å². The van der Waals surface area contributed by atoms with Gasteiger partial charge in [-0.25, -0.2) is 12.7 Å². The van der Waals surface area contributed by atoms with E-state index in [2.05, 4.69) is 0 Å². The van der Waals surface area contributed by atoms with Gasteiger partial charge < -0.3 is 5.11 Å². The predicted molar refractivity (Wildman–Crippen MR) is 73.3 cm³/mol. The van der Waals surface area contributed by atoms with Crippen molar-refractivity contribution < 1.29 is 18.3 Å². The molecule has 0 bridgehead atoms. The Bertz CT molecular complexity index is 383. The summed E-state index contributed by atoms with van der Waals surface area (Å²) in [7, 11) is -1.92. The zero-order chi connectivity index (χ0) is 13.8. The maximum atomic E-state index is 12.3. The molecule has 1 N–H and O–H groups in total. The lowest BCUT2D eigenvalue weighted by Crippen LogP contribution is -2.40. The molecular weight excluding hydrogens is 274 g/mol. The standard InChI is InChI=1S/C11H21NO4S2/c1-12(7-4-8-17-2)18(15,16)10-6-3-5-9(10)11(13)14/h9-10H,3-8H2,1-2H3,(H,13,14). The highest BCUT2D eigenvalue weighted by molar-refractivity contribution is 7.98. The summed E-state index contributed by atoms with van der Waals surface area (Å²) in [6, 6.07) is 0. The third kappa shape index (κ3) is 3.61. The summed E-state index contributed by atoms with van der Waals surface area (Å²) >= 11 is 1.68. The molecule has 7 heteroatoms. The molecule has 0 radical (unpaired) electrons. The van der Waals surface area contributed by atoms with E-state index in [0.717, 1.165) is 12.2 Å². The summed E-state index contributed by atoms with van der Waals surface area (Å²) in [5.41, 5.74) is 0. The largest absolute Gasteiger partial charge is 0.481 e. The number of rotatable bonds is 7. The molecule has 0 heterocycles. The summed E-state index contributed by atoms with van der Waals surface area (Å²) in [5.74, 6) is -0.816. The quantitative estimate of drug-likeness (QED) is 0.716. The average molecular weight is 295 g/mol. The second-order valence-electron chi connectivity index (χ2n) is 4.63. The van der Waals surface area contributed by atoms with Crippen LogP contribution in [0.15, 0.2) is 0 Å². The topological polar surface area (TPSA) is 74.7 Å². The van der Waals surface area contributed by atoms with E-state index < -0.39 is 27.2 Å². The van der Waals surface area contributed by atoms with Crippen molar-refractivity contribution >= 4 is 27.8 Å². The Morgan fingerprint density at radius 3 is 2.67 bits per heavy atom. The second-order valence-corrected chi connectivity index (χ2v) is 7.87. The highest BCUT2D eigenvalue weighted by atomic mass is 32.2. The first-order chi connectivity index (χ1) is 8.41. The minimum atomic E-state index is -3.47. The monoisotopic (exact) mass is 295 g/mol. The van der Waals surface area contributed by atoms with Crippen molar-refractivity contribution in [3.63, 3.8) is 0 Å². The van der Waals surface area contributed by atoms with E-state index in [-0.39, 0.29) is 0 Å². The molecule has 0 amide bonds. The molecule has 1 saturated carbocycles. The van der Waals surface area contributed by atoms with Gasteiger partial charge >= 0.3 is 5.97 Å². The predicted octanol–water partition coefficient (Wildman–Crippen LogP) is 1.25. The number of hydrogen-bond donors (Lipinski definition) is 1. The van der Waals surface area contributed by atoms with Crippen LogP contribution in [0.5, 0.6) is 0 Å². The smallest absolute Gasteiger partial charge is 0.307 e. The summed E-state index contributed by atoms with van der Waals surface area (Å²) in [5, 5.41) is 8.32. The minimum Gasteiger partial charge on any atom is -0.481 e. The molecule has 2 unspecified atom stereocenters. The summed E-state index contributed by atoms with van der Waals surface area (Å²) in [6.45, 7) is 0.464. The molecule has 0 saturated heterocycles. The van der Waals surface area contributed by atoms with Gasteiger partial charge in [-0.05, 0) is 31.3 Å². The van der Waals surface area contributed by atoms with Crippen LogP contribution in [0.2, 0.25) is 0 Å². The average Bonchev–Trinajstić information content (AvgIpc) is 2.78. The number of carboxylic acids is 1. The molecule has 0 aromatic carbocycles. The SMILES string of the molecule is CSCCCN(C)S(=O)(=O)C1CCCC1C(=O)O. The molecule has 1 fully saturated rings. The maximum absolute atomic E-state index is 12.3. The summed E-state index contributed by atoms with van der Waals surface area (Å²) < 4.78 is 25.9. The third-order valence-corrected chi connectivity index (χ3v) is 6.49. The molecule has 1 aliphatic carbocycles. The van der Waals surface area contributed by atoms with Gasteiger partial charge in [-0.1, -0.05) is 6.42 Å². The molecule has 1 rings (SSSR count). The minimum absolute atomic E-state index is 0.464.